The van der Waals surface area contributed by atoms with Crippen LogP contribution >= 0.6 is 39.9 Å². The largest absolute Gasteiger partial charge is 0.396 e. The topological polar surface area (TPSA) is 56.7 Å². The molecule has 0 saturated carbocycles. The van der Waals surface area contributed by atoms with Crippen molar-refractivity contribution in [2.24, 2.45) is 4.99 Å². The highest BCUT2D eigenvalue weighted by molar-refractivity contribution is 14.0. The van der Waals surface area contributed by atoms with E-state index in [1.165, 1.54) is 0 Å². The maximum absolute atomic E-state index is 9.66. The fourth-order valence-electron chi connectivity index (χ4n) is 2.38. The van der Waals surface area contributed by atoms with Crippen molar-refractivity contribution in [1.29, 1.82) is 0 Å². The molecule has 0 aliphatic heterocycles. The van der Waals surface area contributed by atoms with Crippen LogP contribution in [0.2, 0.25) is 0 Å². The zero-order valence-electron chi connectivity index (χ0n) is 14.3. The van der Waals surface area contributed by atoms with Gasteiger partial charge in [0.1, 0.15) is 0 Å². The molecule has 1 unspecified atom stereocenters. The lowest BCUT2D eigenvalue weighted by Gasteiger charge is -2.18. The molecule has 0 spiro atoms. The monoisotopic (exact) mass is 517 g/mol. The molecular weight excluding hydrogens is 493 g/mol. The number of rotatable bonds is 7. The van der Waals surface area contributed by atoms with Crippen LogP contribution in [0.5, 0.6) is 0 Å². The summed E-state index contributed by atoms with van der Waals surface area (Å²) in [5.74, 6) is 0.799. The highest BCUT2D eigenvalue weighted by Gasteiger charge is 2.10. The Morgan fingerprint density at radius 1 is 1.12 bits per heavy atom. The van der Waals surface area contributed by atoms with Crippen LogP contribution in [-0.2, 0) is 6.54 Å². The molecule has 0 heterocycles. The molecule has 25 heavy (non-hydrogen) atoms. The molecule has 2 rings (SSSR count). The number of halogens is 2. The number of guanidine groups is 1. The van der Waals surface area contributed by atoms with Crippen molar-refractivity contribution in [1.82, 2.24) is 10.6 Å². The summed E-state index contributed by atoms with van der Waals surface area (Å²) >= 11 is 3.48. The number of aliphatic hydroxyl groups excluding tert-OH is 1. The summed E-state index contributed by atoms with van der Waals surface area (Å²) in [7, 11) is 0. The van der Waals surface area contributed by atoms with Crippen molar-refractivity contribution in [2.75, 3.05) is 19.7 Å². The SMILES string of the molecule is CCNC(=NCc1cccc(Br)c1)NCC(CO)c1ccccc1.I. The molecule has 0 bridgehead atoms. The van der Waals surface area contributed by atoms with E-state index in [0.29, 0.717) is 13.1 Å². The van der Waals surface area contributed by atoms with Crippen LogP contribution in [0.15, 0.2) is 64.1 Å². The summed E-state index contributed by atoms with van der Waals surface area (Å²) < 4.78 is 1.05. The average molecular weight is 518 g/mol. The molecular formula is C19H25BrIN3O. The Labute approximate surface area is 175 Å². The molecule has 0 radical (unpaired) electrons. The Morgan fingerprint density at radius 2 is 1.88 bits per heavy atom. The first kappa shape index (κ1) is 21.9. The summed E-state index contributed by atoms with van der Waals surface area (Å²) in [5, 5.41) is 16.2. The quantitative estimate of drug-likeness (QED) is 0.296. The fourth-order valence-corrected chi connectivity index (χ4v) is 2.83. The van der Waals surface area contributed by atoms with Crippen molar-refractivity contribution < 1.29 is 5.11 Å². The van der Waals surface area contributed by atoms with Crippen molar-refractivity contribution in [3.8, 4) is 0 Å². The standard InChI is InChI=1S/C19H24BrN3O.HI/c1-2-21-19(22-12-15-7-6-10-18(20)11-15)23-13-17(14-24)16-8-4-3-5-9-16;/h3-11,17,24H,2,12-14H2,1H3,(H2,21,22,23);1H. The molecule has 1 atom stereocenters. The lowest BCUT2D eigenvalue weighted by atomic mass is 10.0. The fraction of sp³-hybridized carbons (Fsp3) is 0.316. The lowest BCUT2D eigenvalue weighted by molar-refractivity contribution is 0.265. The Hall–Kier alpha value is -1.12. The van der Waals surface area contributed by atoms with Gasteiger partial charge >= 0.3 is 0 Å². The highest BCUT2D eigenvalue weighted by atomic mass is 127. The van der Waals surface area contributed by atoms with Gasteiger partial charge in [-0.3, -0.25) is 0 Å². The van der Waals surface area contributed by atoms with Gasteiger partial charge in [-0.1, -0.05) is 58.4 Å². The molecule has 0 aliphatic rings. The number of benzene rings is 2. The minimum absolute atomic E-state index is 0. The highest BCUT2D eigenvalue weighted by Crippen LogP contribution is 2.14. The summed E-state index contributed by atoms with van der Waals surface area (Å²) in [6.07, 6.45) is 0. The van der Waals surface area contributed by atoms with Gasteiger partial charge in [-0.05, 0) is 30.2 Å². The Morgan fingerprint density at radius 3 is 2.52 bits per heavy atom. The third-order valence-electron chi connectivity index (χ3n) is 3.66. The Bertz CT molecular complexity index is 652. The van der Waals surface area contributed by atoms with E-state index < -0.39 is 0 Å². The van der Waals surface area contributed by atoms with Crippen LogP contribution in [0.1, 0.15) is 24.0 Å². The number of hydrogen-bond donors (Lipinski definition) is 3. The first-order valence-electron chi connectivity index (χ1n) is 8.15. The molecule has 0 amide bonds. The minimum Gasteiger partial charge on any atom is -0.396 e. The van der Waals surface area contributed by atoms with Gasteiger partial charge in [0.25, 0.3) is 0 Å². The third kappa shape index (κ3) is 7.75. The van der Waals surface area contributed by atoms with Gasteiger partial charge < -0.3 is 15.7 Å². The number of hydrogen-bond acceptors (Lipinski definition) is 2. The lowest BCUT2D eigenvalue weighted by Crippen LogP contribution is -2.39. The molecule has 0 aliphatic carbocycles. The van der Waals surface area contributed by atoms with Gasteiger partial charge in [0.2, 0.25) is 0 Å². The van der Waals surface area contributed by atoms with Crippen LogP contribution in [-0.4, -0.2) is 30.8 Å². The van der Waals surface area contributed by atoms with E-state index in [1.54, 1.807) is 0 Å². The molecule has 0 aromatic heterocycles. The number of nitrogens with one attached hydrogen (secondary N) is 2. The first-order chi connectivity index (χ1) is 11.7. The summed E-state index contributed by atoms with van der Waals surface area (Å²) in [5.41, 5.74) is 2.26. The second-order valence-corrected chi connectivity index (χ2v) is 6.41. The molecule has 3 N–H and O–H groups in total. The van der Waals surface area contributed by atoms with Crippen molar-refractivity contribution in [2.45, 2.75) is 19.4 Å². The average Bonchev–Trinajstić information content (AvgIpc) is 2.61. The van der Waals surface area contributed by atoms with Crippen LogP contribution in [0.3, 0.4) is 0 Å². The van der Waals surface area contributed by atoms with E-state index in [2.05, 4.69) is 43.7 Å². The van der Waals surface area contributed by atoms with Gasteiger partial charge in [-0.15, -0.1) is 24.0 Å². The number of nitrogens with zero attached hydrogens (tertiary/aromatic N) is 1. The van der Waals surface area contributed by atoms with Gasteiger partial charge in [0, 0.05) is 23.5 Å². The van der Waals surface area contributed by atoms with Crippen LogP contribution in [0, 0.1) is 0 Å². The molecule has 2 aromatic rings. The normalized spacial score (nSPS) is 12.2. The zero-order valence-corrected chi connectivity index (χ0v) is 18.2. The van der Waals surface area contributed by atoms with Gasteiger partial charge in [0.05, 0.1) is 13.2 Å². The van der Waals surface area contributed by atoms with Crippen molar-refractivity contribution in [3.05, 3.63) is 70.2 Å². The maximum Gasteiger partial charge on any atom is 0.191 e. The third-order valence-corrected chi connectivity index (χ3v) is 4.15. The maximum atomic E-state index is 9.66. The van der Waals surface area contributed by atoms with Crippen LogP contribution in [0.25, 0.3) is 0 Å². The first-order valence-corrected chi connectivity index (χ1v) is 8.94. The summed E-state index contributed by atoms with van der Waals surface area (Å²) in [6, 6.07) is 18.2. The summed E-state index contributed by atoms with van der Waals surface area (Å²) in [4.78, 5) is 4.62. The van der Waals surface area contributed by atoms with Crippen molar-refractivity contribution >= 4 is 45.9 Å². The molecule has 6 heteroatoms. The van der Waals surface area contributed by atoms with Gasteiger partial charge in [-0.25, -0.2) is 4.99 Å². The van der Waals surface area contributed by atoms with E-state index in [-0.39, 0.29) is 36.5 Å². The van der Waals surface area contributed by atoms with Gasteiger partial charge in [0.15, 0.2) is 5.96 Å². The van der Waals surface area contributed by atoms with Crippen LogP contribution in [0.4, 0.5) is 0 Å². The van der Waals surface area contributed by atoms with E-state index in [1.807, 2.05) is 49.4 Å². The Balaban J connectivity index is 0.00000312. The number of aliphatic hydroxyl groups is 1. The molecule has 0 saturated heterocycles. The summed E-state index contributed by atoms with van der Waals surface area (Å²) in [6.45, 7) is 4.16. The Kier molecular flexibility index (Phi) is 10.8. The van der Waals surface area contributed by atoms with Crippen molar-refractivity contribution in [3.63, 3.8) is 0 Å². The van der Waals surface area contributed by atoms with Gasteiger partial charge in [-0.2, -0.15) is 0 Å². The molecule has 2 aromatic carbocycles. The second-order valence-electron chi connectivity index (χ2n) is 5.50. The van der Waals surface area contributed by atoms with E-state index >= 15 is 0 Å². The van der Waals surface area contributed by atoms with E-state index in [0.717, 1.165) is 28.1 Å². The minimum atomic E-state index is 0. The van der Waals surface area contributed by atoms with Crippen LogP contribution < -0.4 is 10.6 Å². The predicted molar refractivity (Wildman–Crippen MR) is 119 cm³/mol. The smallest absolute Gasteiger partial charge is 0.191 e. The van der Waals surface area contributed by atoms with E-state index in [9.17, 15) is 5.11 Å². The molecule has 0 fully saturated rings. The molecule has 136 valence electrons. The number of aliphatic imine (C=N–C) groups is 1. The van der Waals surface area contributed by atoms with E-state index in [4.69, 9.17) is 0 Å². The molecule has 4 nitrogen and oxygen atoms in total. The predicted octanol–water partition coefficient (Wildman–Crippen LogP) is 3.90. The second kappa shape index (κ2) is 12.3. The zero-order chi connectivity index (χ0) is 17.2.